The van der Waals surface area contributed by atoms with E-state index in [1.165, 1.54) is 33.5 Å². The predicted octanol–water partition coefficient (Wildman–Crippen LogP) is 8.49. The van der Waals surface area contributed by atoms with Gasteiger partial charge in [0, 0.05) is 17.0 Å². The van der Waals surface area contributed by atoms with Crippen molar-refractivity contribution in [2.45, 2.75) is 67.9 Å². The Kier molecular flexibility index (Phi) is 7.82. The van der Waals surface area contributed by atoms with Crippen LogP contribution in [0, 0.1) is 25.2 Å². The molecule has 2 aromatic carbocycles. The van der Waals surface area contributed by atoms with E-state index in [1.54, 1.807) is 0 Å². The van der Waals surface area contributed by atoms with Crippen LogP contribution in [0.3, 0.4) is 0 Å². The number of pyridine rings is 1. The Labute approximate surface area is 202 Å². The normalized spacial score (nSPS) is 11.8. The van der Waals surface area contributed by atoms with Crippen LogP contribution in [0.2, 0.25) is 0 Å². The van der Waals surface area contributed by atoms with Crippen LogP contribution in [0.15, 0.2) is 53.0 Å². The van der Waals surface area contributed by atoms with E-state index in [4.69, 9.17) is 9.72 Å². The van der Waals surface area contributed by atoms with E-state index in [1.807, 2.05) is 24.3 Å². The van der Waals surface area contributed by atoms with Crippen molar-refractivity contribution < 1.29 is 4.74 Å². The molecule has 2 nitrogen and oxygen atoms in total. The Morgan fingerprint density at radius 3 is 2.19 bits per heavy atom. The van der Waals surface area contributed by atoms with Crippen molar-refractivity contribution in [3.63, 3.8) is 0 Å². The van der Waals surface area contributed by atoms with Crippen molar-refractivity contribution in [2.24, 2.45) is 11.3 Å². The van der Waals surface area contributed by atoms with Gasteiger partial charge in [0.2, 0.25) is 0 Å². The molecule has 0 N–H and O–H groups in total. The van der Waals surface area contributed by atoms with E-state index in [9.17, 15) is 0 Å². The lowest BCUT2D eigenvalue weighted by molar-refractivity contribution is 0.303. The summed E-state index contributed by atoms with van der Waals surface area (Å²) in [7, 11) is 0. The molecule has 3 rings (SSSR count). The molecular formula is C29H36BrNO. The predicted molar refractivity (Wildman–Crippen MR) is 139 cm³/mol. The van der Waals surface area contributed by atoms with Crippen molar-refractivity contribution in [1.29, 1.82) is 0 Å². The Hall–Kier alpha value is -2.13. The maximum absolute atomic E-state index is 6.31. The number of para-hydroxylation sites is 1. The highest BCUT2D eigenvalue weighted by Gasteiger charge is 2.24. The molecule has 3 heteroatoms. The summed E-state index contributed by atoms with van der Waals surface area (Å²) in [6, 6.07) is 16.9. The topological polar surface area (TPSA) is 22.1 Å². The van der Waals surface area contributed by atoms with Crippen molar-refractivity contribution >= 4 is 15.9 Å². The van der Waals surface area contributed by atoms with Crippen LogP contribution in [-0.4, -0.2) is 4.98 Å². The molecule has 0 aliphatic rings. The van der Waals surface area contributed by atoms with Gasteiger partial charge >= 0.3 is 0 Å². The van der Waals surface area contributed by atoms with Gasteiger partial charge in [-0.25, -0.2) is 0 Å². The van der Waals surface area contributed by atoms with Gasteiger partial charge in [-0.05, 0) is 82.8 Å². The van der Waals surface area contributed by atoms with Crippen LogP contribution in [0.5, 0.6) is 5.75 Å². The molecule has 0 fully saturated rings. The minimum atomic E-state index is 0.155. The quantitative estimate of drug-likeness (QED) is 0.329. The summed E-state index contributed by atoms with van der Waals surface area (Å²) in [5.74, 6) is 1.40. The van der Waals surface area contributed by atoms with Gasteiger partial charge in [-0.1, -0.05) is 76.6 Å². The van der Waals surface area contributed by atoms with Gasteiger partial charge in [0.15, 0.2) is 0 Å². The molecule has 0 amide bonds. The summed E-state index contributed by atoms with van der Waals surface area (Å²) in [6.07, 6.45) is 1.96. The van der Waals surface area contributed by atoms with Crippen molar-refractivity contribution in [3.05, 3.63) is 81.1 Å². The molecule has 1 heterocycles. The summed E-state index contributed by atoms with van der Waals surface area (Å²) >= 11 is 3.61. The minimum Gasteiger partial charge on any atom is -0.488 e. The minimum absolute atomic E-state index is 0.155. The molecule has 0 spiro atoms. The molecule has 0 saturated heterocycles. The first kappa shape index (κ1) is 24.5. The van der Waals surface area contributed by atoms with Crippen molar-refractivity contribution in [1.82, 2.24) is 4.98 Å². The lowest BCUT2D eigenvalue weighted by Gasteiger charge is -2.27. The third kappa shape index (κ3) is 6.22. The highest BCUT2D eigenvalue weighted by Crippen LogP contribution is 2.37. The molecule has 0 unspecified atom stereocenters. The van der Waals surface area contributed by atoms with E-state index < -0.39 is 0 Å². The summed E-state index contributed by atoms with van der Waals surface area (Å²) in [5, 5.41) is 0. The number of aryl methyl sites for hydroxylation is 2. The van der Waals surface area contributed by atoms with Crippen molar-refractivity contribution in [2.75, 3.05) is 0 Å². The summed E-state index contributed by atoms with van der Waals surface area (Å²) in [4.78, 5) is 5.14. The average molecular weight is 495 g/mol. The van der Waals surface area contributed by atoms with Crippen molar-refractivity contribution in [3.8, 4) is 16.9 Å². The van der Waals surface area contributed by atoms with Gasteiger partial charge in [-0.2, -0.15) is 0 Å². The second-order valence-corrected chi connectivity index (χ2v) is 11.3. The third-order valence-corrected chi connectivity index (χ3v) is 6.20. The number of nitrogens with zero attached hydrogens (tertiary/aromatic N) is 1. The van der Waals surface area contributed by atoms with E-state index in [0.717, 1.165) is 28.8 Å². The van der Waals surface area contributed by atoms with Gasteiger partial charge in [0.1, 0.15) is 12.4 Å². The van der Waals surface area contributed by atoms with Crippen LogP contribution in [0.25, 0.3) is 11.1 Å². The molecule has 0 aliphatic carbocycles. The van der Waals surface area contributed by atoms with Gasteiger partial charge in [0.05, 0.1) is 4.47 Å². The molecule has 0 aliphatic heterocycles. The van der Waals surface area contributed by atoms with Crippen LogP contribution in [0.4, 0.5) is 0 Å². The monoisotopic (exact) mass is 493 g/mol. The van der Waals surface area contributed by atoms with E-state index in [-0.39, 0.29) is 5.41 Å². The maximum atomic E-state index is 6.31. The first-order valence-electron chi connectivity index (χ1n) is 11.5. The second-order valence-electron chi connectivity index (χ2n) is 10.4. The zero-order valence-corrected chi connectivity index (χ0v) is 22.1. The molecule has 0 atom stereocenters. The summed E-state index contributed by atoms with van der Waals surface area (Å²) < 4.78 is 7.28. The molecule has 0 radical (unpaired) electrons. The van der Waals surface area contributed by atoms with Gasteiger partial charge in [-0.15, -0.1) is 0 Å². The number of rotatable bonds is 7. The second kappa shape index (κ2) is 10.2. The smallest absolute Gasteiger partial charge is 0.133 e. The number of halogens is 1. The average Bonchev–Trinajstić information content (AvgIpc) is 2.69. The number of hydrogen-bond acceptors (Lipinski definition) is 2. The Morgan fingerprint density at radius 2 is 1.59 bits per heavy atom. The van der Waals surface area contributed by atoms with E-state index in [2.05, 4.69) is 88.7 Å². The van der Waals surface area contributed by atoms with Crippen LogP contribution < -0.4 is 4.74 Å². The number of hydrogen-bond donors (Lipinski definition) is 0. The summed E-state index contributed by atoms with van der Waals surface area (Å²) in [5.41, 5.74) is 8.80. The van der Waals surface area contributed by atoms with E-state index >= 15 is 0 Å². The number of benzene rings is 2. The van der Waals surface area contributed by atoms with Crippen LogP contribution in [-0.2, 0) is 19.4 Å². The van der Waals surface area contributed by atoms with Gasteiger partial charge in [0.25, 0.3) is 0 Å². The van der Waals surface area contributed by atoms with E-state index in [0.29, 0.717) is 12.5 Å². The first-order valence-corrected chi connectivity index (χ1v) is 12.3. The lowest BCUT2D eigenvalue weighted by Crippen LogP contribution is -2.17. The molecular weight excluding hydrogens is 458 g/mol. The molecule has 0 saturated carbocycles. The molecule has 170 valence electrons. The molecule has 3 aromatic rings. The van der Waals surface area contributed by atoms with Crippen LogP contribution >= 0.6 is 15.9 Å². The number of aromatic nitrogens is 1. The fourth-order valence-corrected chi connectivity index (χ4v) is 4.48. The number of ether oxygens (including phenoxy) is 1. The molecule has 0 bridgehead atoms. The maximum Gasteiger partial charge on any atom is 0.133 e. The fraction of sp³-hybridized carbons (Fsp3) is 0.414. The highest BCUT2D eigenvalue weighted by atomic mass is 79.9. The largest absolute Gasteiger partial charge is 0.488 e. The fourth-order valence-electron chi connectivity index (χ4n) is 4.08. The zero-order chi connectivity index (χ0) is 23.5. The first-order chi connectivity index (χ1) is 15.0. The standard InChI is InChI=1S/C29H36BrNO/c1-19(2)16-26-23(17-29(5,6)7)28(22-14-12-20(3)13-15-22)24(21(4)31-26)18-32-27-11-9-8-10-25(27)30/h8-15,19H,16-18H2,1-7H3. The molecule has 32 heavy (non-hydrogen) atoms. The highest BCUT2D eigenvalue weighted by molar-refractivity contribution is 9.10. The third-order valence-electron chi connectivity index (χ3n) is 5.55. The Balaban J connectivity index is 2.20. The molecule has 1 aromatic heterocycles. The van der Waals surface area contributed by atoms with Gasteiger partial charge in [-0.3, -0.25) is 4.98 Å². The lowest BCUT2D eigenvalue weighted by atomic mass is 9.81. The zero-order valence-electron chi connectivity index (χ0n) is 20.6. The van der Waals surface area contributed by atoms with Gasteiger partial charge < -0.3 is 4.74 Å². The Morgan fingerprint density at radius 1 is 0.938 bits per heavy atom. The Bertz CT molecular complexity index is 1060. The SMILES string of the molecule is Cc1ccc(-c2c(COc3ccccc3Br)c(C)nc(CC(C)C)c2CC(C)(C)C)cc1. The summed E-state index contributed by atoms with van der Waals surface area (Å²) in [6.45, 7) is 16.2. The van der Waals surface area contributed by atoms with Crippen LogP contribution in [0.1, 0.15) is 62.7 Å².